The fraction of sp³-hybridized carbons (Fsp3) is 0.478. The van der Waals surface area contributed by atoms with E-state index in [2.05, 4.69) is 22.0 Å². The molecule has 2 fully saturated rings. The topological polar surface area (TPSA) is 54.9 Å². The summed E-state index contributed by atoms with van der Waals surface area (Å²) in [6.07, 6.45) is 5.50. The van der Waals surface area contributed by atoms with Crippen LogP contribution in [-0.4, -0.2) is 65.7 Å². The molecule has 0 N–H and O–H groups in total. The van der Waals surface area contributed by atoms with Gasteiger partial charge in [0.05, 0.1) is 19.3 Å². The van der Waals surface area contributed by atoms with Crippen molar-refractivity contribution >= 4 is 5.91 Å². The van der Waals surface area contributed by atoms with E-state index in [1.807, 2.05) is 41.4 Å². The summed E-state index contributed by atoms with van der Waals surface area (Å²) >= 11 is 0. The predicted octanol–water partition coefficient (Wildman–Crippen LogP) is 2.49. The van der Waals surface area contributed by atoms with Gasteiger partial charge in [-0.25, -0.2) is 0 Å². The highest BCUT2D eigenvalue weighted by Crippen LogP contribution is 2.20. The van der Waals surface area contributed by atoms with Crippen molar-refractivity contribution in [2.24, 2.45) is 0 Å². The van der Waals surface area contributed by atoms with Crippen LogP contribution in [0.5, 0.6) is 0 Å². The van der Waals surface area contributed by atoms with Gasteiger partial charge in [-0.05, 0) is 30.0 Å². The fourth-order valence-corrected chi connectivity index (χ4v) is 4.09. The van der Waals surface area contributed by atoms with E-state index in [9.17, 15) is 4.79 Å². The summed E-state index contributed by atoms with van der Waals surface area (Å²) in [5.74, 6) is 0.158. The molecule has 29 heavy (non-hydrogen) atoms. The molecule has 2 aromatic rings. The van der Waals surface area contributed by atoms with Crippen molar-refractivity contribution in [3.63, 3.8) is 0 Å². The summed E-state index contributed by atoms with van der Waals surface area (Å²) in [7, 11) is 0. The smallest absolute Gasteiger partial charge is 0.237 e. The van der Waals surface area contributed by atoms with Crippen molar-refractivity contribution in [1.82, 2.24) is 14.8 Å². The van der Waals surface area contributed by atoms with Crippen molar-refractivity contribution in [1.29, 1.82) is 0 Å². The summed E-state index contributed by atoms with van der Waals surface area (Å²) in [5, 5.41) is 0. The van der Waals surface area contributed by atoms with Gasteiger partial charge in [-0.2, -0.15) is 0 Å². The highest BCUT2D eigenvalue weighted by atomic mass is 16.5. The van der Waals surface area contributed by atoms with E-state index in [1.54, 1.807) is 6.20 Å². The number of benzene rings is 1. The van der Waals surface area contributed by atoms with Gasteiger partial charge in [0.15, 0.2) is 0 Å². The SMILES string of the molecule is O=C1CN(C2CCOCC2)CC(OCc2ccccc2)CN1Cc1cccnc1. The van der Waals surface area contributed by atoms with Gasteiger partial charge >= 0.3 is 0 Å². The first kappa shape index (κ1) is 20.0. The molecule has 6 heteroatoms. The van der Waals surface area contributed by atoms with Crippen LogP contribution in [0.1, 0.15) is 24.0 Å². The second kappa shape index (κ2) is 9.96. The van der Waals surface area contributed by atoms with Gasteiger partial charge in [0.1, 0.15) is 0 Å². The zero-order chi connectivity index (χ0) is 19.9. The largest absolute Gasteiger partial charge is 0.381 e. The average Bonchev–Trinajstić information content (AvgIpc) is 2.93. The maximum Gasteiger partial charge on any atom is 0.237 e. The van der Waals surface area contributed by atoms with Crippen LogP contribution in [0, 0.1) is 0 Å². The summed E-state index contributed by atoms with van der Waals surface area (Å²) in [6.45, 7) is 4.47. The minimum absolute atomic E-state index is 0.0267. The number of carbonyl (C=O) groups is 1. The van der Waals surface area contributed by atoms with Gasteiger partial charge in [-0.15, -0.1) is 0 Å². The number of nitrogens with zero attached hydrogens (tertiary/aromatic N) is 3. The van der Waals surface area contributed by atoms with E-state index in [0.717, 1.165) is 43.7 Å². The molecule has 1 atom stereocenters. The van der Waals surface area contributed by atoms with E-state index in [-0.39, 0.29) is 12.0 Å². The van der Waals surface area contributed by atoms with E-state index in [4.69, 9.17) is 9.47 Å². The van der Waals surface area contributed by atoms with E-state index in [1.165, 1.54) is 0 Å². The number of hydrogen-bond donors (Lipinski definition) is 0. The lowest BCUT2D eigenvalue weighted by Crippen LogP contribution is -2.45. The van der Waals surface area contributed by atoms with Crippen LogP contribution in [0.25, 0.3) is 0 Å². The lowest BCUT2D eigenvalue weighted by atomic mass is 10.1. The van der Waals surface area contributed by atoms with Crippen LogP contribution in [-0.2, 0) is 27.4 Å². The minimum Gasteiger partial charge on any atom is -0.381 e. The number of rotatable bonds is 6. The molecule has 2 saturated heterocycles. The Morgan fingerprint density at radius 1 is 1.03 bits per heavy atom. The Morgan fingerprint density at radius 2 is 1.83 bits per heavy atom. The summed E-state index contributed by atoms with van der Waals surface area (Å²) in [6, 6.07) is 14.5. The molecular formula is C23H29N3O3. The maximum absolute atomic E-state index is 13.1. The third kappa shape index (κ3) is 5.63. The molecule has 0 radical (unpaired) electrons. The maximum atomic E-state index is 13.1. The molecule has 0 aliphatic carbocycles. The summed E-state index contributed by atoms with van der Waals surface area (Å²) in [4.78, 5) is 21.5. The number of amides is 1. The molecule has 154 valence electrons. The molecule has 0 bridgehead atoms. The Bertz CT molecular complexity index is 765. The number of hydrogen-bond acceptors (Lipinski definition) is 5. The van der Waals surface area contributed by atoms with Gasteiger partial charge in [0.2, 0.25) is 5.91 Å². The molecule has 0 spiro atoms. The van der Waals surface area contributed by atoms with Gasteiger partial charge in [0, 0.05) is 51.3 Å². The van der Waals surface area contributed by atoms with Crippen LogP contribution in [0.15, 0.2) is 54.9 Å². The molecule has 3 heterocycles. The molecule has 2 aliphatic heterocycles. The number of carbonyl (C=O) groups excluding carboxylic acids is 1. The third-order valence-corrected chi connectivity index (χ3v) is 5.69. The lowest BCUT2D eigenvalue weighted by molar-refractivity contribution is -0.133. The minimum atomic E-state index is -0.0267. The molecular weight excluding hydrogens is 366 g/mol. The fourth-order valence-electron chi connectivity index (χ4n) is 4.09. The monoisotopic (exact) mass is 395 g/mol. The molecule has 0 saturated carbocycles. The van der Waals surface area contributed by atoms with Crippen LogP contribution in [0.2, 0.25) is 0 Å². The van der Waals surface area contributed by atoms with E-state index < -0.39 is 0 Å². The second-order valence-corrected chi connectivity index (χ2v) is 7.83. The predicted molar refractivity (Wildman–Crippen MR) is 110 cm³/mol. The van der Waals surface area contributed by atoms with Gasteiger partial charge in [-0.3, -0.25) is 14.7 Å². The molecule has 2 aliphatic rings. The van der Waals surface area contributed by atoms with Crippen LogP contribution < -0.4 is 0 Å². The van der Waals surface area contributed by atoms with Crippen LogP contribution in [0.3, 0.4) is 0 Å². The van der Waals surface area contributed by atoms with Crippen molar-refractivity contribution in [3.8, 4) is 0 Å². The Kier molecular flexibility index (Phi) is 6.87. The first-order chi connectivity index (χ1) is 14.3. The van der Waals surface area contributed by atoms with Crippen LogP contribution >= 0.6 is 0 Å². The number of aromatic nitrogens is 1. The second-order valence-electron chi connectivity index (χ2n) is 7.83. The van der Waals surface area contributed by atoms with Crippen molar-refractivity contribution in [2.75, 3.05) is 32.8 Å². The van der Waals surface area contributed by atoms with Gasteiger partial charge < -0.3 is 14.4 Å². The molecule has 1 amide bonds. The first-order valence-electron chi connectivity index (χ1n) is 10.4. The zero-order valence-corrected chi connectivity index (χ0v) is 16.8. The Morgan fingerprint density at radius 3 is 2.59 bits per heavy atom. The number of pyridine rings is 1. The first-order valence-corrected chi connectivity index (χ1v) is 10.4. The highest BCUT2D eigenvalue weighted by Gasteiger charge is 2.32. The highest BCUT2D eigenvalue weighted by molar-refractivity contribution is 5.78. The van der Waals surface area contributed by atoms with Gasteiger partial charge in [-0.1, -0.05) is 36.4 Å². The number of ether oxygens (including phenoxy) is 2. The standard InChI is InChI=1S/C23H29N3O3/c27-23-17-25(21-8-11-28-12-9-21)15-22(29-18-19-5-2-1-3-6-19)16-26(23)14-20-7-4-10-24-13-20/h1-7,10,13,21-22H,8-9,11-12,14-18H2. The quantitative estimate of drug-likeness (QED) is 0.752. The van der Waals surface area contributed by atoms with Crippen molar-refractivity contribution in [2.45, 2.75) is 38.1 Å². The third-order valence-electron chi connectivity index (χ3n) is 5.69. The normalized spacial score (nSPS) is 21.9. The van der Waals surface area contributed by atoms with Gasteiger partial charge in [0.25, 0.3) is 0 Å². The van der Waals surface area contributed by atoms with E-state index in [0.29, 0.717) is 32.3 Å². The van der Waals surface area contributed by atoms with Crippen molar-refractivity contribution in [3.05, 3.63) is 66.0 Å². The molecule has 6 nitrogen and oxygen atoms in total. The summed E-state index contributed by atoms with van der Waals surface area (Å²) < 4.78 is 11.8. The zero-order valence-electron chi connectivity index (χ0n) is 16.8. The summed E-state index contributed by atoms with van der Waals surface area (Å²) in [5.41, 5.74) is 2.20. The Labute approximate surface area is 172 Å². The van der Waals surface area contributed by atoms with Crippen LogP contribution in [0.4, 0.5) is 0 Å². The molecule has 1 aromatic carbocycles. The molecule has 1 aromatic heterocycles. The molecule has 1 unspecified atom stereocenters. The van der Waals surface area contributed by atoms with E-state index >= 15 is 0 Å². The Balaban J connectivity index is 1.47. The average molecular weight is 396 g/mol. The van der Waals surface area contributed by atoms with Crippen molar-refractivity contribution < 1.29 is 14.3 Å². The lowest BCUT2D eigenvalue weighted by Gasteiger charge is -2.34. The molecule has 4 rings (SSSR count). The Hall–Kier alpha value is -2.28.